The smallest absolute Gasteiger partial charge is 0.220 e. The zero-order valence-electron chi connectivity index (χ0n) is 23.2. The van der Waals surface area contributed by atoms with Crippen molar-refractivity contribution in [1.29, 1.82) is 0 Å². The van der Waals surface area contributed by atoms with Gasteiger partial charge < -0.3 is 25.4 Å². The first-order valence-electron chi connectivity index (χ1n) is 14.0. The molecule has 8 nitrogen and oxygen atoms in total. The highest BCUT2D eigenvalue weighted by Gasteiger charge is 2.21. The molecule has 1 saturated heterocycles. The predicted octanol–water partition coefficient (Wildman–Crippen LogP) is 5.64. The highest BCUT2D eigenvalue weighted by molar-refractivity contribution is 6.39. The summed E-state index contributed by atoms with van der Waals surface area (Å²) in [6.45, 7) is 3.42. The molecule has 0 spiro atoms. The predicted molar refractivity (Wildman–Crippen MR) is 165 cm³/mol. The monoisotopic (exact) mass is 603 g/mol. The largest absolute Gasteiger partial charge is 0.492 e. The van der Waals surface area contributed by atoms with Gasteiger partial charge in [0.15, 0.2) is 0 Å². The van der Waals surface area contributed by atoms with E-state index in [1.165, 1.54) is 0 Å². The van der Waals surface area contributed by atoms with Crippen LogP contribution in [0.1, 0.15) is 24.0 Å². The Morgan fingerprint density at radius 2 is 1.93 bits per heavy atom. The second kappa shape index (κ2) is 12.7. The van der Waals surface area contributed by atoms with E-state index in [1.54, 1.807) is 13.3 Å². The summed E-state index contributed by atoms with van der Waals surface area (Å²) < 4.78 is 11.6. The number of halogens is 2. The third-order valence-electron chi connectivity index (χ3n) is 7.57. The second-order valence-corrected chi connectivity index (χ2v) is 11.1. The van der Waals surface area contributed by atoms with Crippen LogP contribution in [0.15, 0.2) is 60.8 Å². The number of methoxy groups -OCH3 is 1. The number of hydrogen-bond donors (Lipinski definition) is 3. The summed E-state index contributed by atoms with van der Waals surface area (Å²) in [5, 5.41) is 10.8. The Kier molecular flexibility index (Phi) is 8.58. The van der Waals surface area contributed by atoms with Crippen LogP contribution in [0.4, 0.5) is 0 Å². The maximum Gasteiger partial charge on any atom is 0.220 e. The van der Waals surface area contributed by atoms with Gasteiger partial charge in [-0.25, -0.2) is 4.98 Å². The summed E-state index contributed by atoms with van der Waals surface area (Å²) in [6.07, 6.45) is 3.17. The number of amides is 1. The molecule has 0 radical (unpaired) electrons. The minimum Gasteiger partial charge on any atom is -0.492 e. The molecular weight excluding hydrogens is 573 g/mol. The summed E-state index contributed by atoms with van der Waals surface area (Å²) in [7, 11) is 1.60. The van der Waals surface area contributed by atoms with E-state index in [4.69, 9.17) is 37.7 Å². The maximum absolute atomic E-state index is 11.5. The third kappa shape index (κ3) is 5.94. The molecule has 10 heteroatoms. The summed E-state index contributed by atoms with van der Waals surface area (Å²) in [6, 6.07) is 17.8. The van der Waals surface area contributed by atoms with Gasteiger partial charge in [0.25, 0.3) is 0 Å². The number of fused-ring (bicyclic) bond motifs is 1. The summed E-state index contributed by atoms with van der Waals surface area (Å²) in [5.74, 6) is 1.46. The van der Waals surface area contributed by atoms with Crippen LogP contribution in [-0.2, 0) is 17.9 Å². The number of benzene rings is 2. The van der Waals surface area contributed by atoms with Crippen molar-refractivity contribution in [1.82, 2.24) is 25.9 Å². The minimum atomic E-state index is 0.107. The molecule has 2 aliphatic heterocycles. The van der Waals surface area contributed by atoms with E-state index in [2.05, 4.69) is 20.9 Å². The Bertz CT molecular complexity index is 1630. The van der Waals surface area contributed by atoms with Crippen molar-refractivity contribution in [3.63, 3.8) is 0 Å². The molecule has 3 N–H and O–H groups in total. The first-order chi connectivity index (χ1) is 20.5. The van der Waals surface area contributed by atoms with Gasteiger partial charge >= 0.3 is 0 Å². The molecule has 0 bridgehead atoms. The fraction of sp³-hybridized carbons (Fsp3) is 0.281. The maximum atomic E-state index is 11.5. The number of aromatic nitrogens is 2. The lowest BCUT2D eigenvalue weighted by Gasteiger charge is -2.16. The van der Waals surface area contributed by atoms with Gasteiger partial charge in [-0.3, -0.25) is 9.78 Å². The van der Waals surface area contributed by atoms with Gasteiger partial charge in [0.1, 0.15) is 12.4 Å². The Hall–Kier alpha value is -3.69. The minimum absolute atomic E-state index is 0.107. The molecule has 1 fully saturated rings. The average Bonchev–Trinajstić information content (AvgIpc) is 3.27. The molecule has 42 heavy (non-hydrogen) atoms. The number of hydrogen-bond acceptors (Lipinski definition) is 7. The fourth-order valence-electron chi connectivity index (χ4n) is 5.37. The molecule has 4 aromatic rings. The Morgan fingerprint density at radius 3 is 2.76 bits per heavy atom. The molecular formula is C32H31Cl2N5O3. The lowest BCUT2D eigenvalue weighted by molar-refractivity contribution is -0.119. The lowest BCUT2D eigenvalue weighted by atomic mass is 9.99. The topological polar surface area (TPSA) is 97.4 Å². The fourth-order valence-corrected chi connectivity index (χ4v) is 6.02. The zero-order valence-corrected chi connectivity index (χ0v) is 24.7. The quantitative estimate of drug-likeness (QED) is 0.240. The number of carbonyl (C=O) groups excluding carboxylic acids is 1. The number of nitrogens with zero attached hydrogens (tertiary/aromatic N) is 2. The number of carbonyl (C=O) groups is 1. The standard InChI is InChI=1S/C32H31Cl2N5O3/c1-41-32-21(17-36-18-22-8-10-28(40)38-22)7-9-26(39-32)25-4-2-3-23(29(25)33)24-11-12-37-31(30(24)34)19-5-6-20-16-35-13-14-42-27(20)15-19/h2-7,9,11-12,15,22,35-36H,8,10,13-14,16-18H2,1H3,(H,38,40)/t22-/m0/s1. The average molecular weight is 605 g/mol. The summed E-state index contributed by atoms with van der Waals surface area (Å²) in [5.41, 5.74) is 6.56. The molecule has 0 unspecified atom stereocenters. The van der Waals surface area contributed by atoms with Gasteiger partial charge in [-0.05, 0) is 24.6 Å². The van der Waals surface area contributed by atoms with Crippen molar-refractivity contribution in [2.75, 3.05) is 26.8 Å². The Morgan fingerprint density at radius 1 is 1.07 bits per heavy atom. The molecule has 216 valence electrons. The number of pyridine rings is 2. The Balaban J connectivity index is 1.27. The molecule has 0 aliphatic carbocycles. The van der Waals surface area contributed by atoms with Gasteiger partial charge in [0.2, 0.25) is 11.8 Å². The summed E-state index contributed by atoms with van der Waals surface area (Å²) >= 11 is 14.0. The molecule has 2 aromatic carbocycles. The van der Waals surface area contributed by atoms with Crippen molar-refractivity contribution in [3.8, 4) is 45.3 Å². The zero-order chi connectivity index (χ0) is 29.1. The molecule has 0 saturated carbocycles. The van der Waals surface area contributed by atoms with Crippen LogP contribution in [0.25, 0.3) is 33.6 Å². The van der Waals surface area contributed by atoms with Crippen molar-refractivity contribution in [2.24, 2.45) is 0 Å². The van der Waals surface area contributed by atoms with Crippen molar-refractivity contribution >= 4 is 29.1 Å². The van der Waals surface area contributed by atoms with Crippen LogP contribution in [0, 0.1) is 0 Å². The SMILES string of the molecule is COc1nc(-c2cccc(-c3ccnc(-c4ccc5c(c4)OCCNC5)c3Cl)c2Cl)ccc1CNC[C@@H]1CCC(=O)N1. The van der Waals surface area contributed by atoms with E-state index >= 15 is 0 Å². The summed E-state index contributed by atoms with van der Waals surface area (Å²) in [4.78, 5) is 20.8. The number of rotatable bonds is 8. The van der Waals surface area contributed by atoms with Crippen LogP contribution in [0.5, 0.6) is 11.6 Å². The molecule has 1 amide bonds. The lowest BCUT2D eigenvalue weighted by Crippen LogP contribution is -2.35. The van der Waals surface area contributed by atoms with Crippen molar-refractivity contribution in [2.45, 2.75) is 32.0 Å². The number of nitrogens with one attached hydrogen (secondary N) is 3. The second-order valence-electron chi connectivity index (χ2n) is 10.3. The van der Waals surface area contributed by atoms with E-state index in [0.29, 0.717) is 53.4 Å². The van der Waals surface area contributed by atoms with E-state index < -0.39 is 0 Å². The van der Waals surface area contributed by atoms with Crippen LogP contribution in [0.3, 0.4) is 0 Å². The van der Waals surface area contributed by atoms with Gasteiger partial charge in [-0.1, -0.05) is 59.6 Å². The first-order valence-corrected chi connectivity index (χ1v) is 14.7. The van der Waals surface area contributed by atoms with E-state index in [9.17, 15) is 4.79 Å². The molecule has 4 heterocycles. The highest BCUT2D eigenvalue weighted by atomic mass is 35.5. The van der Waals surface area contributed by atoms with E-state index in [0.717, 1.165) is 58.6 Å². The van der Waals surface area contributed by atoms with Gasteiger partial charge in [0, 0.05) is 78.2 Å². The van der Waals surface area contributed by atoms with Crippen molar-refractivity contribution in [3.05, 3.63) is 82.0 Å². The highest BCUT2D eigenvalue weighted by Crippen LogP contribution is 2.42. The van der Waals surface area contributed by atoms with Crippen molar-refractivity contribution < 1.29 is 14.3 Å². The Labute approximate surface area is 254 Å². The van der Waals surface area contributed by atoms with Crippen LogP contribution in [-0.4, -0.2) is 48.7 Å². The third-order valence-corrected chi connectivity index (χ3v) is 8.36. The van der Waals surface area contributed by atoms with Gasteiger partial charge in [-0.2, -0.15) is 0 Å². The van der Waals surface area contributed by atoms with Crippen LogP contribution in [0.2, 0.25) is 10.0 Å². The van der Waals surface area contributed by atoms with E-state index in [-0.39, 0.29) is 11.9 Å². The molecule has 2 aromatic heterocycles. The number of ether oxygens (including phenoxy) is 2. The van der Waals surface area contributed by atoms with Crippen LogP contribution >= 0.6 is 23.2 Å². The first kappa shape index (κ1) is 28.4. The molecule has 1 atom stereocenters. The van der Waals surface area contributed by atoms with E-state index in [1.807, 2.05) is 54.6 Å². The van der Waals surface area contributed by atoms with Crippen LogP contribution < -0.4 is 25.4 Å². The molecule has 6 rings (SSSR count). The molecule has 2 aliphatic rings. The van der Waals surface area contributed by atoms with Gasteiger partial charge in [0.05, 0.1) is 28.5 Å². The normalized spacial score (nSPS) is 16.4. The van der Waals surface area contributed by atoms with Gasteiger partial charge in [-0.15, -0.1) is 0 Å².